The Bertz CT molecular complexity index is 1210. The molecule has 0 saturated heterocycles. The van der Waals surface area contributed by atoms with E-state index in [1.54, 1.807) is 42.5 Å². The standard InChI is InChI=1S/C23H22Cl2N4O4/c1-2-3-11-23(26,21(31)32)20(30)19-17(12-13-7-4-5-10-16(13)27-19)28-22(33)29-18-14(24)8-6-9-15(18)25/h4-10,12H,2-3,11,26H2,1H3,(H,31,32)(H2,28,29,33)/t23-/m1/s1. The number of pyridine rings is 1. The minimum atomic E-state index is -2.19. The summed E-state index contributed by atoms with van der Waals surface area (Å²) in [6.07, 6.45) is 1.00. The first kappa shape index (κ1) is 24.4. The molecule has 0 aliphatic rings. The molecule has 3 rings (SSSR count). The maximum Gasteiger partial charge on any atom is 0.331 e. The summed E-state index contributed by atoms with van der Waals surface area (Å²) in [6, 6.07) is 12.4. The first-order chi connectivity index (χ1) is 15.7. The number of halogens is 2. The molecule has 0 aliphatic carbocycles. The van der Waals surface area contributed by atoms with Gasteiger partial charge in [0.15, 0.2) is 5.54 Å². The first-order valence-corrected chi connectivity index (χ1v) is 10.9. The predicted molar refractivity (Wildman–Crippen MR) is 129 cm³/mol. The van der Waals surface area contributed by atoms with Gasteiger partial charge in [0.2, 0.25) is 5.78 Å². The molecule has 172 valence electrons. The van der Waals surface area contributed by atoms with Crippen LogP contribution < -0.4 is 16.4 Å². The third kappa shape index (κ3) is 5.24. The van der Waals surface area contributed by atoms with E-state index in [-0.39, 0.29) is 33.5 Å². The van der Waals surface area contributed by atoms with E-state index in [1.165, 1.54) is 6.07 Å². The largest absolute Gasteiger partial charge is 0.480 e. The van der Waals surface area contributed by atoms with E-state index >= 15 is 0 Å². The lowest BCUT2D eigenvalue weighted by atomic mass is 9.86. The second kappa shape index (κ2) is 10.2. The summed E-state index contributed by atoms with van der Waals surface area (Å²) >= 11 is 12.2. The van der Waals surface area contributed by atoms with E-state index in [4.69, 9.17) is 28.9 Å². The van der Waals surface area contributed by atoms with Crippen LogP contribution in [0.4, 0.5) is 16.2 Å². The van der Waals surface area contributed by atoms with Crippen LogP contribution in [0.1, 0.15) is 36.7 Å². The third-order valence-electron chi connectivity index (χ3n) is 5.10. The fourth-order valence-electron chi connectivity index (χ4n) is 3.25. The van der Waals surface area contributed by atoms with Gasteiger partial charge in [-0.3, -0.25) is 4.79 Å². The van der Waals surface area contributed by atoms with E-state index in [0.717, 1.165) is 0 Å². The van der Waals surface area contributed by atoms with Gasteiger partial charge in [0.05, 0.1) is 26.9 Å². The molecule has 2 amide bonds. The molecular formula is C23H22Cl2N4O4. The summed E-state index contributed by atoms with van der Waals surface area (Å²) in [4.78, 5) is 42.4. The number of aliphatic carboxylic acids is 1. The number of hydrogen-bond acceptors (Lipinski definition) is 5. The number of urea groups is 1. The van der Waals surface area contributed by atoms with Gasteiger partial charge in [0, 0.05) is 5.39 Å². The van der Waals surface area contributed by atoms with Crippen molar-refractivity contribution in [3.05, 3.63) is 64.3 Å². The number of anilines is 2. The van der Waals surface area contributed by atoms with Crippen LogP contribution in [0.25, 0.3) is 10.9 Å². The van der Waals surface area contributed by atoms with Crippen molar-refractivity contribution in [2.75, 3.05) is 10.6 Å². The zero-order valence-corrected chi connectivity index (χ0v) is 19.2. The van der Waals surface area contributed by atoms with Gasteiger partial charge < -0.3 is 21.5 Å². The maximum absolute atomic E-state index is 13.3. The van der Waals surface area contributed by atoms with Crippen LogP contribution in [0, 0.1) is 0 Å². The molecule has 8 nitrogen and oxygen atoms in total. The van der Waals surface area contributed by atoms with E-state index in [9.17, 15) is 19.5 Å². The molecular weight excluding hydrogens is 467 g/mol. The van der Waals surface area contributed by atoms with Gasteiger partial charge in [-0.1, -0.05) is 67.2 Å². The number of carboxylic acid groups (broad SMARTS) is 1. The molecule has 0 bridgehead atoms. The first-order valence-electron chi connectivity index (χ1n) is 10.2. The topological polar surface area (TPSA) is 134 Å². The Morgan fingerprint density at radius 2 is 1.73 bits per heavy atom. The SMILES string of the molecule is CCCC[C@](N)(C(=O)O)C(=O)c1nc2ccccc2cc1NC(=O)Nc1c(Cl)cccc1Cl. The van der Waals surface area contributed by atoms with Crippen molar-refractivity contribution in [3.63, 3.8) is 0 Å². The molecule has 0 aliphatic heterocycles. The number of unbranched alkanes of at least 4 members (excludes halogenated alkanes) is 1. The lowest BCUT2D eigenvalue weighted by molar-refractivity contribution is -0.141. The number of fused-ring (bicyclic) bond motifs is 1. The third-order valence-corrected chi connectivity index (χ3v) is 5.73. The fourth-order valence-corrected chi connectivity index (χ4v) is 3.75. The lowest BCUT2D eigenvalue weighted by Gasteiger charge is -2.24. The number of aromatic nitrogens is 1. The molecule has 0 fully saturated rings. The molecule has 3 aromatic rings. The molecule has 0 unspecified atom stereocenters. The fraction of sp³-hybridized carbons (Fsp3) is 0.217. The summed E-state index contributed by atoms with van der Waals surface area (Å²) in [6.45, 7) is 1.86. The molecule has 1 heterocycles. The van der Waals surface area contributed by atoms with E-state index in [1.807, 2.05) is 6.92 Å². The predicted octanol–water partition coefficient (Wildman–Crippen LogP) is 5.34. The van der Waals surface area contributed by atoms with Gasteiger partial charge in [-0.05, 0) is 30.7 Å². The normalized spacial score (nSPS) is 12.7. The van der Waals surface area contributed by atoms with Crippen LogP contribution in [0.2, 0.25) is 10.0 Å². The highest BCUT2D eigenvalue weighted by Crippen LogP contribution is 2.31. The Labute approximate surface area is 200 Å². The van der Waals surface area contributed by atoms with Gasteiger partial charge in [0.1, 0.15) is 5.69 Å². The summed E-state index contributed by atoms with van der Waals surface area (Å²) in [5.41, 5.74) is 4.25. The summed E-state index contributed by atoms with van der Waals surface area (Å²) in [5, 5.41) is 15.9. The highest BCUT2D eigenvalue weighted by molar-refractivity contribution is 6.39. The minimum absolute atomic E-state index is 0.00643. The number of para-hydroxylation sites is 2. The average Bonchev–Trinajstić information content (AvgIpc) is 2.79. The van der Waals surface area contributed by atoms with Crippen LogP contribution in [0.3, 0.4) is 0 Å². The van der Waals surface area contributed by atoms with Gasteiger partial charge in [-0.2, -0.15) is 0 Å². The van der Waals surface area contributed by atoms with Gasteiger partial charge in [-0.25, -0.2) is 14.6 Å². The lowest BCUT2D eigenvalue weighted by Crippen LogP contribution is -2.55. The highest BCUT2D eigenvalue weighted by atomic mass is 35.5. The number of nitrogens with one attached hydrogen (secondary N) is 2. The Morgan fingerprint density at radius 1 is 1.06 bits per heavy atom. The van der Waals surface area contributed by atoms with Crippen molar-refractivity contribution in [2.24, 2.45) is 5.73 Å². The molecule has 0 radical (unpaired) electrons. The smallest absolute Gasteiger partial charge is 0.331 e. The number of hydrogen-bond donors (Lipinski definition) is 4. The number of benzene rings is 2. The van der Waals surface area contributed by atoms with Crippen molar-refractivity contribution in [1.82, 2.24) is 4.98 Å². The quantitative estimate of drug-likeness (QED) is 0.249. The van der Waals surface area contributed by atoms with Crippen LogP contribution in [0.5, 0.6) is 0 Å². The number of carbonyl (C=O) groups excluding carboxylic acids is 2. The van der Waals surface area contributed by atoms with Crippen molar-refractivity contribution in [1.29, 1.82) is 0 Å². The number of rotatable bonds is 8. The van der Waals surface area contributed by atoms with Gasteiger partial charge >= 0.3 is 12.0 Å². The molecule has 5 N–H and O–H groups in total. The van der Waals surface area contributed by atoms with Crippen molar-refractivity contribution in [2.45, 2.75) is 31.7 Å². The molecule has 0 spiro atoms. The molecule has 33 heavy (non-hydrogen) atoms. The van der Waals surface area contributed by atoms with Gasteiger partial charge in [-0.15, -0.1) is 0 Å². The average molecular weight is 489 g/mol. The van der Waals surface area contributed by atoms with Crippen molar-refractivity contribution < 1.29 is 19.5 Å². The van der Waals surface area contributed by atoms with Crippen LogP contribution in [-0.4, -0.2) is 33.4 Å². The van der Waals surface area contributed by atoms with E-state index < -0.39 is 23.3 Å². The molecule has 1 atom stereocenters. The molecule has 1 aromatic heterocycles. The molecule has 10 heteroatoms. The minimum Gasteiger partial charge on any atom is -0.480 e. The highest BCUT2D eigenvalue weighted by Gasteiger charge is 2.43. The number of carbonyl (C=O) groups is 3. The second-order valence-electron chi connectivity index (χ2n) is 7.46. The number of carboxylic acids is 1. The number of amides is 2. The number of Topliss-reactive ketones (excluding diaryl/α,β-unsaturated/α-hetero) is 1. The van der Waals surface area contributed by atoms with Crippen LogP contribution in [-0.2, 0) is 4.79 Å². The van der Waals surface area contributed by atoms with Crippen LogP contribution in [0.15, 0.2) is 48.5 Å². The Hall–Kier alpha value is -3.20. The van der Waals surface area contributed by atoms with E-state index in [2.05, 4.69) is 15.6 Å². The second-order valence-corrected chi connectivity index (χ2v) is 8.28. The number of ketones is 1. The Balaban J connectivity index is 2.03. The summed E-state index contributed by atoms with van der Waals surface area (Å²) in [7, 11) is 0. The van der Waals surface area contributed by atoms with E-state index in [0.29, 0.717) is 23.7 Å². The zero-order valence-electron chi connectivity index (χ0n) is 17.7. The van der Waals surface area contributed by atoms with Gasteiger partial charge in [0.25, 0.3) is 0 Å². The number of nitrogens with two attached hydrogens (primary N) is 1. The zero-order chi connectivity index (χ0) is 24.2. The van der Waals surface area contributed by atoms with Crippen LogP contribution >= 0.6 is 23.2 Å². The molecule has 0 saturated carbocycles. The summed E-state index contributed by atoms with van der Waals surface area (Å²) < 4.78 is 0. The molecule has 2 aromatic carbocycles. The summed E-state index contributed by atoms with van der Waals surface area (Å²) in [5.74, 6) is -2.37. The maximum atomic E-state index is 13.3. The van der Waals surface area contributed by atoms with Crippen molar-refractivity contribution in [3.8, 4) is 0 Å². The van der Waals surface area contributed by atoms with Crippen molar-refractivity contribution >= 4 is 63.3 Å². The Morgan fingerprint density at radius 3 is 2.36 bits per heavy atom. The number of nitrogens with zero attached hydrogens (tertiary/aromatic N) is 1. The Kier molecular flexibility index (Phi) is 7.53. The monoisotopic (exact) mass is 488 g/mol.